The molecule has 1 unspecified atom stereocenters. The number of ether oxygens (including phenoxy) is 2. The standard InChI is InChI=1S/C15H21BrO3/c1-10-6-12(16)7-11(8-17)14(10)18-9-13-4-5-15(2,3)19-13/h6-7,13,17H,4-5,8-9H2,1-3H3. The molecular formula is C15H21BrO3. The molecule has 0 spiro atoms. The third kappa shape index (κ3) is 3.71. The van der Waals surface area contributed by atoms with Crippen molar-refractivity contribution in [3.63, 3.8) is 0 Å². The molecule has 0 radical (unpaired) electrons. The summed E-state index contributed by atoms with van der Waals surface area (Å²) in [4.78, 5) is 0. The molecule has 0 amide bonds. The molecule has 1 aliphatic heterocycles. The zero-order valence-corrected chi connectivity index (χ0v) is 13.3. The molecule has 1 N–H and O–H groups in total. The summed E-state index contributed by atoms with van der Waals surface area (Å²) in [6, 6.07) is 3.88. The van der Waals surface area contributed by atoms with E-state index in [0.29, 0.717) is 6.61 Å². The zero-order valence-electron chi connectivity index (χ0n) is 11.7. The monoisotopic (exact) mass is 328 g/mol. The van der Waals surface area contributed by atoms with Gasteiger partial charge in [0.15, 0.2) is 0 Å². The Morgan fingerprint density at radius 3 is 2.79 bits per heavy atom. The van der Waals surface area contributed by atoms with Gasteiger partial charge in [-0.3, -0.25) is 0 Å². The molecule has 1 aromatic carbocycles. The van der Waals surface area contributed by atoms with Gasteiger partial charge in [0.25, 0.3) is 0 Å². The number of hydrogen-bond donors (Lipinski definition) is 1. The van der Waals surface area contributed by atoms with Crippen LogP contribution in [0.15, 0.2) is 16.6 Å². The quantitative estimate of drug-likeness (QED) is 0.917. The van der Waals surface area contributed by atoms with Crippen molar-refractivity contribution in [2.75, 3.05) is 6.61 Å². The third-order valence-corrected chi connectivity index (χ3v) is 3.91. The average molecular weight is 329 g/mol. The lowest BCUT2D eigenvalue weighted by molar-refractivity contribution is -0.0329. The fourth-order valence-electron chi connectivity index (χ4n) is 2.49. The number of halogens is 1. The number of aliphatic hydroxyl groups is 1. The molecule has 19 heavy (non-hydrogen) atoms. The van der Waals surface area contributed by atoms with E-state index in [1.54, 1.807) is 0 Å². The van der Waals surface area contributed by atoms with Gasteiger partial charge in [-0.05, 0) is 51.3 Å². The Hall–Kier alpha value is -0.580. The predicted octanol–water partition coefficient (Wildman–Crippen LogP) is 3.59. The fourth-order valence-corrected chi connectivity index (χ4v) is 3.11. The summed E-state index contributed by atoms with van der Waals surface area (Å²) < 4.78 is 12.8. The molecule has 0 aliphatic carbocycles. The highest BCUT2D eigenvalue weighted by Crippen LogP contribution is 2.32. The van der Waals surface area contributed by atoms with Gasteiger partial charge in [0.2, 0.25) is 0 Å². The van der Waals surface area contributed by atoms with E-state index in [1.807, 2.05) is 19.1 Å². The maximum atomic E-state index is 9.41. The second-order valence-corrected chi connectivity index (χ2v) is 6.63. The van der Waals surface area contributed by atoms with Crippen LogP contribution in [-0.2, 0) is 11.3 Å². The summed E-state index contributed by atoms with van der Waals surface area (Å²) in [5.74, 6) is 0.777. The first-order valence-electron chi connectivity index (χ1n) is 6.62. The molecule has 0 bridgehead atoms. The smallest absolute Gasteiger partial charge is 0.127 e. The molecule has 2 rings (SSSR count). The van der Waals surface area contributed by atoms with Gasteiger partial charge in [0.1, 0.15) is 12.4 Å². The van der Waals surface area contributed by atoms with Crippen LogP contribution in [0.25, 0.3) is 0 Å². The van der Waals surface area contributed by atoms with Crippen molar-refractivity contribution in [1.82, 2.24) is 0 Å². The van der Waals surface area contributed by atoms with Crippen LogP contribution in [-0.4, -0.2) is 23.4 Å². The SMILES string of the molecule is Cc1cc(Br)cc(CO)c1OCC1CCC(C)(C)O1. The summed E-state index contributed by atoms with van der Waals surface area (Å²) in [5.41, 5.74) is 1.79. The van der Waals surface area contributed by atoms with E-state index in [2.05, 4.69) is 29.8 Å². The normalized spacial score (nSPS) is 21.6. The van der Waals surface area contributed by atoms with E-state index in [9.17, 15) is 5.11 Å². The van der Waals surface area contributed by atoms with Crippen molar-refractivity contribution in [3.8, 4) is 5.75 Å². The molecular weight excluding hydrogens is 308 g/mol. The lowest BCUT2D eigenvalue weighted by atomic mass is 10.1. The van der Waals surface area contributed by atoms with Crippen molar-refractivity contribution in [3.05, 3.63) is 27.7 Å². The van der Waals surface area contributed by atoms with Gasteiger partial charge in [0.05, 0.1) is 18.3 Å². The molecule has 3 nitrogen and oxygen atoms in total. The van der Waals surface area contributed by atoms with Crippen molar-refractivity contribution >= 4 is 15.9 Å². The van der Waals surface area contributed by atoms with Crippen molar-refractivity contribution < 1.29 is 14.6 Å². The minimum absolute atomic E-state index is 0.0212. The lowest BCUT2D eigenvalue weighted by Crippen LogP contribution is -2.24. The van der Waals surface area contributed by atoms with E-state index in [-0.39, 0.29) is 18.3 Å². The number of rotatable bonds is 4. The number of benzene rings is 1. The van der Waals surface area contributed by atoms with E-state index in [4.69, 9.17) is 9.47 Å². The summed E-state index contributed by atoms with van der Waals surface area (Å²) in [5, 5.41) is 9.41. The van der Waals surface area contributed by atoms with Crippen LogP contribution in [0.5, 0.6) is 5.75 Å². The van der Waals surface area contributed by atoms with Crippen molar-refractivity contribution in [2.24, 2.45) is 0 Å². The Labute approximate surface area is 123 Å². The minimum atomic E-state index is -0.0391. The van der Waals surface area contributed by atoms with E-state index in [0.717, 1.165) is 34.2 Å². The highest BCUT2D eigenvalue weighted by molar-refractivity contribution is 9.10. The second-order valence-electron chi connectivity index (χ2n) is 5.72. The van der Waals surface area contributed by atoms with Gasteiger partial charge in [-0.15, -0.1) is 0 Å². The Morgan fingerprint density at radius 2 is 2.21 bits per heavy atom. The minimum Gasteiger partial charge on any atom is -0.490 e. The van der Waals surface area contributed by atoms with E-state index < -0.39 is 0 Å². The average Bonchev–Trinajstić information content (AvgIpc) is 2.67. The van der Waals surface area contributed by atoms with Crippen molar-refractivity contribution in [1.29, 1.82) is 0 Å². The van der Waals surface area contributed by atoms with Crippen LogP contribution in [0.3, 0.4) is 0 Å². The maximum absolute atomic E-state index is 9.41. The number of aliphatic hydroxyl groups excluding tert-OH is 1. The van der Waals surface area contributed by atoms with Crippen LogP contribution >= 0.6 is 15.9 Å². The predicted molar refractivity (Wildman–Crippen MR) is 78.5 cm³/mol. The number of aryl methyl sites for hydroxylation is 1. The summed E-state index contributed by atoms with van der Waals surface area (Å²) >= 11 is 3.43. The van der Waals surface area contributed by atoms with Gasteiger partial charge in [-0.25, -0.2) is 0 Å². The van der Waals surface area contributed by atoms with Gasteiger partial charge < -0.3 is 14.6 Å². The van der Waals surface area contributed by atoms with E-state index in [1.165, 1.54) is 0 Å². The molecule has 4 heteroatoms. The molecule has 1 heterocycles. The summed E-state index contributed by atoms with van der Waals surface area (Å²) in [6.45, 7) is 6.72. The Balaban J connectivity index is 2.04. The highest BCUT2D eigenvalue weighted by Gasteiger charge is 2.32. The molecule has 1 fully saturated rings. The zero-order chi connectivity index (χ0) is 14.0. The number of hydrogen-bond acceptors (Lipinski definition) is 3. The molecule has 0 aromatic heterocycles. The summed E-state index contributed by atoms with van der Waals surface area (Å²) in [6.07, 6.45) is 2.23. The van der Waals surface area contributed by atoms with Gasteiger partial charge in [-0.1, -0.05) is 15.9 Å². The fraction of sp³-hybridized carbons (Fsp3) is 0.600. The van der Waals surface area contributed by atoms with Crippen LogP contribution in [0.4, 0.5) is 0 Å². The molecule has 1 aliphatic rings. The van der Waals surface area contributed by atoms with Crippen molar-refractivity contribution in [2.45, 2.75) is 51.9 Å². The topological polar surface area (TPSA) is 38.7 Å². The van der Waals surface area contributed by atoms with Crippen LogP contribution in [0, 0.1) is 6.92 Å². The molecule has 106 valence electrons. The van der Waals surface area contributed by atoms with Crippen LogP contribution in [0.1, 0.15) is 37.8 Å². The molecule has 0 saturated carbocycles. The lowest BCUT2D eigenvalue weighted by Gasteiger charge is -2.20. The molecule has 1 saturated heterocycles. The van der Waals surface area contributed by atoms with Gasteiger partial charge in [-0.2, -0.15) is 0 Å². The second kappa shape index (κ2) is 5.81. The molecule has 1 aromatic rings. The maximum Gasteiger partial charge on any atom is 0.127 e. The summed E-state index contributed by atoms with van der Waals surface area (Å²) in [7, 11) is 0. The Morgan fingerprint density at radius 1 is 1.47 bits per heavy atom. The highest BCUT2D eigenvalue weighted by atomic mass is 79.9. The Kier molecular flexibility index (Phi) is 4.54. The van der Waals surface area contributed by atoms with E-state index >= 15 is 0 Å². The first kappa shape index (κ1) is 14.8. The van der Waals surface area contributed by atoms with Crippen LogP contribution < -0.4 is 4.74 Å². The largest absolute Gasteiger partial charge is 0.490 e. The van der Waals surface area contributed by atoms with Gasteiger partial charge >= 0.3 is 0 Å². The first-order chi connectivity index (χ1) is 8.91. The van der Waals surface area contributed by atoms with Crippen LogP contribution in [0.2, 0.25) is 0 Å². The molecule has 1 atom stereocenters. The Bertz CT molecular complexity index is 457. The van der Waals surface area contributed by atoms with Gasteiger partial charge in [0, 0.05) is 10.0 Å². The third-order valence-electron chi connectivity index (χ3n) is 3.45. The first-order valence-corrected chi connectivity index (χ1v) is 7.41.